The highest BCUT2D eigenvalue weighted by Crippen LogP contribution is 2.31. The van der Waals surface area contributed by atoms with E-state index in [9.17, 15) is 26.4 Å². The monoisotopic (exact) mass is 439 g/mol. The van der Waals surface area contributed by atoms with Gasteiger partial charge in [0.1, 0.15) is 5.84 Å². The summed E-state index contributed by atoms with van der Waals surface area (Å²) in [4.78, 5) is 26.3. The van der Waals surface area contributed by atoms with Crippen LogP contribution in [-0.2, 0) is 29.5 Å². The van der Waals surface area contributed by atoms with Crippen LogP contribution in [0.5, 0.6) is 0 Å². The summed E-state index contributed by atoms with van der Waals surface area (Å²) in [6, 6.07) is -2.41. The second kappa shape index (κ2) is 7.13. The molecule has 15 heteroatoms. The average Bonchev–Trinajstić information content (AvgIpc) is 3.15. The van der Waals surface area contributed by atoms with Crippen LogP contribution < -0.4 is 4.72 Å². The summed E-state index contributed by atoms with van der Waals surface area (Å²) in [6.45, 7) is 1.72. The Balaban J connectivity index is 1.67. The van der Waals surface area contributed by atoms with Crippen LogP contribution in [-0.4, -0.2) is 91.0 Å². The van der Waals surface area contributed by atoms with E-state index in [0.29, 0.717) is 11.6 Å². The molecule has 0 radical (unpaired) electrons. The van der Waals surface area contributed by atoms with E-state index in [1.54, 1.807) is 0 Å². The maximum absolute atomic E-state index is 12.6. The minimum absolute atomic E-state index is 0.0311. The van der Waals surface area contributed by atoms with Crippen LogP contribution >= 0.6 is 0 Å². The quantitative estimate of drug-likeness (QED) is 0.263. The molecule has 3 aliphatic heterocycles. The van der Waals surface area contributed by atoms with Gasteiger partial charge in [0.2, 0.25) is 15.9 Å². The van der Waals surface area contributed by atoms with Crippen molar-refractivity contribution in [3.63, 3.8) is 0 Å². The molecule has 3 fully saturated rings. The van der Waals surface area contributed by atoms with Gasteiger partial charge in [-0.15, -0.1) is 4.28 Å². The number of piperidine rings is 1. The molecule has 28 heavy (non-hydrogen) atoms. The summed E-state index contributed by atoms with van der Waals surface area (Å²) >= 11 is 0. The van der Waals surface area contributed by atoms with Gasteiger partial charge in [-0.3, -0.25) is 19.5 Å². The Morgan fingerprint density at radius 2 is 1.89 bits per heavy atom. The van der Waals surface area contributed by atoms with E-state index >= 15 is 0 Å². The highest BCUT2D eigenvalue weighted by Gasteiger charge is 2.49. The van der Waals surface area contributed by atoms with Gasteiger partial charge >= 0.3 is 16.4 Å². The van der Waals surface area contributed by atoms with Crippen LogP contribution in [0.4, 0.5) is 4.79 Å². The highest BCUT2D eigenvalue weighted by molar-refractivity contribution is 7.90. The van der Waals surface area contributed by atoms with E-state index in [2.05, 4.69) is 9.01 Å². The lowest BCUT2D eigenvalue weighted by molar-refractivity contribution is -0.127. The number of hydroxylamine groups is 2. The Bertz CT molecular complexity index is 904. The second-order valence-electron chi connectivity index (χ2n) is 6.95. The molecule has 3 amide bonds. The molecule has 3 unspecified atom stereocenters. The van der Waals surface area contributed by atoms with Gasteiger partial charge in [0.25, 0.3) is 0 Å². The Hall–Kier alpha value is -1.97. The molecule has 158 valence electrons. The van der Waals surface area contributed by atoms with Gasteiger partial charge in [-0.1, -0.05) is 0 Å². The number of fused-ring (bicyclic) bond motifs is 2. The molecule has 0 aromatic heterocycles. The minimum Gasteiger partial charge on any atom is -0.342 e. The number of amides is 3. The third-order valence-electron chi connectivity index (χ3n) is 5.11. The van der Waals surface area contributed by atoms with E-state index in [-0.39, 0.29) is 38.3 Å². The van der Waals surface area contributed by atoms with Crippen LogP contribution in [0, 0.1) is 5.41 Å². The first-order valence-electron chi connectivity index (χ1n) is 8.51. The average molecular weight is 439 g/mol. The van der Waals surface area contributed by atoms with Gasteiger partial charge in [0.15, 0.2) is 0 Å². The number of rotatable bonds is 5. The van der Waals surface area contributed by atoms with Crippen molar-refractivity contribution < 1.29 is 35.3 Å². The molecule has 13 nitrogen and oxygen atoms in total. The van der Waals surface area contributed by atoms with Crippen LogP contribution in [0.2, 0.25) is 0 Å². The highest BCUT2D eigenvalue weighted by atomic mass is 32.3. The van der Waals surface area contributed by atoms with Gasteiger partial charge in [0, 0.05) is 26.6 Å². The summed E-state index contributed by atoms with van der Waals surface area (Å²) < 4.78 is 62.2. The largest absolute Gasteiger partial charge is 0.418 e. The first kappa shape index (κ1) is 20.8. The molecular weight excluding hydrogens is 418 g/mol. The predicted octanol–water partition coefficient (Wildman–Crippen LogP) is -1.49. The third-order valence-corrected chi connectivity index (χ3v) is 7.23. The van der Waals surface area contributed by atoms with Crippen LogP contribution in [0.15, 0.2) is 0 Å². The van der Waals surface area contributed by atoms with Crippen molar-refractivity contribution in [2.24, 2.45) is 0 Å². The maximum atomic E-state index is 12.6. The zero-order chi connectivity index (χ0) is 20.9. The first-order valence-corrected chi connectivity index (χ1v) is 11.4. The van der Waals surface area contributed by atoms with Crippen molar-refractivity contribution in [1.29, 1.82) is 5.41 Å². The van der Waals surface area contributed by atoms with Crippen LogP contribution in [0.25, 0.3) is 0 Å². The molecule has 2 bridgehead atoms. The van der Waals surface area contributed by atoms with Crippen molar-refractivity contribution in [3.8, 4) is 0 Å². The summed E-state index contributed by atoms with van der Waals surface area (Å²) in [6.07, 6.45) is 0.717. The fourth-order valence-corrected chi connectivity index (χ4v) is 5.49. The number of carbonyl (C=O) groups excluding carboxylic acids is 2. The molecule has 3 atom stereocenters. The molecule has 0 aromatic carbocycles. The number of urea groups is 1. The Morgan fingerprint density at radius 3 is 2.46 bits per heavy atom. The lowest BCUT2D eigenvalue weighted by atomic mass is 10.0. The Kier molecular flexibility index (Phi) is 5.28. The number of nitrogens with zero attached hydrogens (tertiary/aromatic N) is 3. The van der Waals surface area contributed by atoms with E-state index < -0.39 is 49.6 Å². The van der Waals surface area contributed by atoms with Crippen molar-refractivity contribution in [1.82, 2.24) is 19.6 Å². The molecule has 0 aliphatic carbocycles. The summed E-state index contributed by atoms with van der Waals surface area (Å²) in [5.41, 5.74) is 0. The fraction of sp³-hybridized carbons (Fsp3) is 0.769. The molecule has 0 spiro atoms. The zero-order valence-corrected chi connectivity index (χ0v) is 16.6. The minimum atomic E-state index is -4.89. The smallest absolute Gasteiger partial charge is 0.342 e. The molecule has 3 rings (SSSR count). The lowest BCUT2D eigenvalue weighted by Crippen LogP contribution is -2.52. The normalized spacial score (nSPS) is 28.0. The van der Waals surface area contributed by atoms with E-state index in [1.165, 1.54) is 11.8 Å². The number of amidine groups is 1. The van der Waals surface area contributed by atoms with Gasteiger partial charge in [-0.2, -0.15) is 13.5 Å². The summed E-state index contributed by atoms with van der Waals surface area (Å²) in [7, 11) is -8.83. The standard InChI is InChI=1S/C13H21N5O8S2/c1-8(19)16-5-4-10(7-16)27(21,22)15-12(14)11-3-2-9-6-17(11)13(20)18(9)26-28(23,24)25/h9-11H,2-7H2,1H3,(H2,14,15)(H,23,24,25). The lowest BCUT2D eigenvalue weighted by Gasteiger charge is -2.31. The second-order valence-corrected chi connectivity index (χ2v) is 9.91. The first-order chi connectivity index (χ1) is 12.9. The van der Waals surface area contributed by atoms with E-state index in [0.717, 1.165) is 4.90 Å². The number of hydrogen-bond donors (Lipinski definition) is 3. The summed E-state index contributed by atoms with van der Waals surface area (Å²) in [5, 5.41) is 7.80. The van der Waals surface area contributed by atoms with Gasteiger partial charge in [-0.05, 0) is 19.3 Å². The maximum Gasteiger partial charge on any atom is 0.418 e. The predicted molar refractivity (Wildman–Crippen MR) is 93.8 cm³/mol. The topological polar surface area (TPSA) is 177 Å². The Labute approximate surface area is 162 Å². The SMILES string of the molecule is CC(=O)N1CCC(S(=O)(=O)NC(=N)C2CCC3CN2C(=O)N3OS(=O)(=O)O)C1. The zero-order valence-electron chi connectivity index (χ0n) is 14.9. The number of sulfonamides is 1. The van der Waals surface area contributed by atoms with Crippen LogP contribution in [0.3, 0.4) is 0 Å². The van der Waals surface area contributed by atoms with Gasteiger partial charge < -0.3 is 9.80 Å². The van der Waals surface area contributed by atoms with E-state index in [1.807, 2.05) is 0 Å². The molecule has 0 saturated carbocycles. The molecule has 0 aromatic rings. The van der Waals surface area contributed by atoms with Crippen molar-refractivity contribution in [2.75, 3.05) is 19.6 Å². The summed E-state index contributed by atoms with van der Waals surface area (Å²) in [5.74, 6) is -0.644. The number of carbonyl (C=O) groups is 2. The molecule has 3 aliphatic rings. The van der Waals surface area contributed by atoms with Crippen LogP contribution in [0.1, 0.15) is 26.2 Å². The molecular formula is C13H21N5O8S2. The third kappa shape index (κ3) is 4.06. The fourth-order valence-electron chi connectivity index (χ4n) is 3.70. The van der Waals surface area contributed by atoms with Crippen molar-refractivity contribution >= 4 is 38.2 Å². The number of hydrogen-bond acceptors (Lipinski definition) is 8. The van der Waals surface area contributed by atoms with Crippen molar-refractivity contribution in [3.05, 3.63) is 0 Å². The van der Waals surface area contributed by atoms with Gasteiger partial charge in [-0.25, -0.2) is 13.2 Å². The molecule has 3 heterocycles. The van der Waals surface area contributed by atoms with Gasteiger partial charge in [0.05, 0.1) is 17.3 Å². The number of nitrogens with one attached hydrogen (secondary N) is 2. The van der Waals surface area contributed by atoms with Crippen molar-refractivity contribution in [2.45, 2.75) is 43.5 Å². The van der Waals surface area contributed by atoms with E-state index in [4.69, 9.17) is 9.96 Å². The molecule has 3 N–H and O–H groups in total. The molecule has 3 saturated heterocycles. The Morgan fingerprint density at radius 1 is 1.21 bits per heavy atom. The number of likely N-dealkylation sites (tertiary alicyclic amines) is 1.